The summed E-state index contributed by atoms with van der Waals surface area (Å²) >= 11 is 0. The minimum Gasteiger partial charge on any atom is -0.289 e. The van der Waals surface area contributed by atoms with E-state index >= 15 is 0 Å². The van der Waals surface area contributed by atoms with Gasteiger partial charge in [0.15, 0.2) is 5.78 Å². The maximum atomic E-state index is 12.9. The van der Waals surface area contributed by atoms with Crippen LogP contribution in [-0.2, 0) is 6.42 Å². The minimum absolute atomic E-state index is 0.0474. The molecule has 0 spiro atoms. The van der Waals surface area contributed by atoms with Crippen LogP contribution < -0.4 is 0 Å². The Balaban J connectivity index is 1.99. The number of alkyl halides is 3. The SMILES string of the molecule is Cc1ccc(C(=O)c2ccccc2Cc2ccccc2C(=O)C(F)(F)F)cc1. The zero-order valence-electron chi connectivity index (χ0n) is 15.1. The third kappa shape index (κ3) is 4.19. The summed E-state index contributed by atoms with van der Waals surface area (Å²) < 4.78 is 38.7. The number of carbonyl (C=O) groups excluding carboxylic acids is 2. The van der Waals surface area contributed by atoms with Crippen molar-refractivity contribution in [2.24, 2.45) is 0 Å². The molecule has 0 aliphatic carbocycles. The van der Waals surface area contributed by atoms with E-state index in [1.807, 2.05) is 19.1 Å². The van der Waals surface area contributed by atoms with Gasteiger partial charge in [-0.3, -0.25) is 9.59 Å². The van der Waals surface area contributed by atoms with Crippen molar-refractivity contribution in [2.75, 3.05) is 0 Å². The molecule has 3 aromatic rings. The molecule has 0 heterocycles. The number of benzene rings is 3. The molecule has 0 N–H and O–H groups in total. The summed E-state index contributed by atoms with van der Waals surface area (Å²) in [5, 5.41) is 0. The first-order valence-corrected chi connectivity index (χ1v) is 8.66. The molecule has 3 rings (SSSR count). The van der Waals surface area contributed by atoms with E-state index in [2.05, 4.69) is 0 Å². The van der Waals surface area contributed by atoms with Crippen LogP contribution in [0.4, 0.5) is 13.2 Å². The lowest BCUT2D eigenvalue weighted by molar-refractivity contribution is -0.0885. The average molecular weight is 382 g/mol. The molecule has 28 heavy (non-hydrogen) atoms. The van der Waals surface area contributed by atoms with E-state index in [1.54, 1.807) is 42.5 Å². The van der Waals surface area contributed by atoms with Crippen LogP contribution >= 0.6 is 0 Å². The van der Waals surface area contributed by atoms with E-state index < -0.39 is 17.5 Å². The summed E-state index contributed by atoms with van der Waals surface area (Å²) in [6.45, 7) is 1.91. The summed E-state index contributed by atoms with van der Waals surface area (Å²) in [5.41, 5.74) is 2.32. The third-order valence-corrected chi connectivity index (χ3v) is 4.48. The number of hydrogen-bond donors (Lipinski definition) is 0. The van der Waals surface area contributed by atoms with Crippen LogP contribution in [0.3, 0.4) is 0 Å². The Morgan fingerprint density at radius 1 is 0.750 bits per heavy atom. The third-order valence-electron chi connectivity index (χ3n) is 4.48. The molecule has 142 valence electrons. The molecule has 0 bridgehead atoms. The Bertz CT molecular complexity index is 1020. The van der Waals surface area contributed by atoms with Gasteiger partial charge in [-0.25, -0.2) is 0 Å². The molecule has 0 radical (unpaired) electrons. The molecule has 0 atom stereocenters. The van der Waals surface area contributed by atoms with Gasteiger partial charge >= 0.3 is 6.18 Å². The van der Waals surface area contributed by atoms with Gasteiger partial charge in [-0.1, -0.05) is 78.4 Å². The normalized spacial score (nSPS) is 11.3. The number of carbonyl (C=O) groups is 2. The second-order valence-corrected chi connectivity index (χ2v) is 6.51. The van der Waals surface area contributed by atoms with Gasteiger partial charge in [-0.05, 0) is 24.5 Å². The van der Waals surface area contributed by atoms with Gasteiger partial charge < -0.3 is 0 Å². The topological polar surface area (TPSA) is 34.1 Å². The second kappa shape index (κ2) is 7.80. The van der Waals surface area contributed by atoms with Gasteiger partial charge in [0.2, 0.25) is 0 Å². The van der Waals surface area contributed by atoms with Crippen LogP contribution in [0.1, 0.15) is 43.0 Å². The molecule has 0 fully saturated rings. The van der Waals surface area contributed by atoms with Crippen LogP contribution in [0.2, 0.25) is 0 Å². The molecule has 3 aromatic carbocycles. The smallest absolute Gasteiger partial charge is 0.289 e. The van der Waals surface area contributed by atoms with E-state index in [-0.39, 0.29) is 17.8 Å². The van der Waals surface area contributed by atoms with Crippen LogP contribution in [0.5, 0.6) is 0 Å². The Hall–Kier alpha value is -3.21. The van der Waals surface area contributed by atoms with Crippen molar-refractivity contribution in [2.45, 2.75) is 19.5 Å². The number of ketones is 2. The summed E-state index contributed by atoms with van der Waals surface area (Å²) in [6, 6.07) is 19.5. The predicted molar refractivity (Wildman–Crippen MR) is 101 cm³/mol. The Morgan fingerprint density at radius 2 is 1.25 bits per heavy atom. The summed E-state index contributed by atoms with van der Waals surface area (Å²) in [4.78, 5) is 24.7. The maximum absolute atomic E-state index is 12.9. The summed E-state index contributed by atoms with van der Waals surface area (Å²) in [7, 11) is 0. The minimum atomic E-state index is -4.95. The predicted octanol–water partition coefficient (Wildman–Crippen LogP) is 5.56. The van der Waals surface area contributed by atoms with Gasteiger partial charge in [-0.15, -0.1) is 0 Å². The van der Waals surface area contributed by atoms with Gasteiger partial charge in [0, 0.05) is 16.7 Å². The van der Waals surface area contributed by atoms with Gasteiger partial charge in [0.25, 0.3) is 5.78 Å². The molecule has 0 saturated heterocycles. The van der Waals surface area contributed by atoms with Crippen molar-refractivity contribution in [3.8, 4) is 0 Å². The van der Waals surface area contributed by atoms with Crippen molar-refractivity contribution >= 4 is 11.6 Å². The largest absolute Gasteiger partial charge is 0.454 e. The van der Waals surface area contributed by atoms with Crippen LogP contribution in [0.15, 0.2) is 72.8 Å². The van der Waals surface area contributed by atoms with Crippen molar-refractivity contribution in [3.05, 3.63) is 106 Å². The van der Waals surface area contributed by atoms with E-state index in [0.29, 0.717) is 16.7 Å². The van der Waals surface area contributed by atoms with E-state index in [0.717, 1.165) is 11.6 Å². The highest BCUT2D eigenvalue weighted by atomic mass is 19.4. The summed E-state index contributed by atoms with van der Waals surface area (Å²) in [5.74, 6) is -2.10. The number of halogens is 3. The fourth-order valence-corrected chi connectivity index (χ4v) is 3.01. The zero-order valence-corrected chi connectivity index (χ0v) is 15.1. The van der Waals surface area contributed by atoms with E-state index in [4.69, 9.17) is 0 Å². The maximum Gasteiger partial charge on any atom is 0.454 e. The van der Waals surface area contributed by atoms with Crippen molar-refractivity contribution in [1.82, 2.24) is 0 Å². The molecule has 0 aliphatic heterocycles. The molecule has 2 nitrogen and oxygen atoms in total. The highest BCUT2D eigenvalue weighted by Gasteiger charge is 2.40. The zero-order chi connectivity index (χ0) is 20.3. The Labute approximate surface area is 160 Å². The van der Waals surface area contributed by atoms with Crippen molar-refractivity contribution in [1.29, 1.82) is 0 Å². The fraction of sp³-hybridized carbons (Fsp3) is 0.130. The summed E-state index contributed by atoms with van der Waals surface area (Å²) in [6.07, 6.45) is -4.90. The first-order valence-electron chi connectivity index (χ1n) is 8.66. The van der Waals surface area contributed by atoms with Gasteiger partial charge in [0.1, 0.15) is 0 Å². The van der Waals surface area contributed by atoms with E-state index in [9.17, 15) is 22.8 Å². The molecule has 0 aromatic heterocycles. The van der Waals surface area contributed by atoms with Crippen molar-refractivity contribution in [3.63, 3.8) is 0 Å². The second-order valence-electron chi connectivity index (χ2n) is 6.51. The number of aryl methyl sites for hydroxylation is 1. The first-order chi connectivity index (χ1) is 13.3. The molecule has 0 aliphatic rings. The van der Waals surface area contributed by atoms with Crippen LogP contribution in [-0.4, -0.2) is 17.7 Å². The highest BCUT2D eigenvalue weighted by molar-refractivity contribution is 6.10. The number of rotatable bonds is 5. The molecular weight excluding hydrogens is 365 g/mol. The molecule has 0 saturated carbocycles. The van der Waals surface area contributed by atoms with Gasteiger partial charge in [-0.2, -0.15) is 13.2 Å². The molecule has 5 heteroatoms. The average Bonchev–Trinajstić information content (AvgIpc) is 2.68. The first kappa shape index (κ1) is 19.5. The van der Waals surface area contributed by atoms with Crippen molar-refractivity contribution < 1.29 is 22.8 Å². The quantitative estimate of drug-likeness (QED) is 0.541. The van der Waals surface area contributed by atoms with E-state index in [1.165, 1.54) is 12.1 Å². The fourth-order valence-electron chi connectivity index (χ4n) is 3.01. The highest BCUT2D eigenvalue weighted by Crippen LogP contribution is 2.26. The van der Waals surface area contributed by atoms with Gasteiger partial charge in [0.05, 0.1) is 0 Å². The Morgan fingerprint density at radius 3 is 1.82 bits per heavy atom. The van der Waals surface area contributed by atoms with Crippen LogP contribution in [0, 0.1) is 6.92 Å². The monoisotopic (exact) mass is 382 g/mol. The number of hydrogen-bond acceptors (Lipinski definition) is 2. The molecule has 0 unspecified atom stereocenters. The number of Topliss-reactive ketones (excluding diaryl/α,β-unsaturated/α-hetero) is 1. The molecular formula is C23H17F3O2. The molecule has 0 amide bonds. The lowest BCUT2D eigenvalue weighted by Crippen LogP contribution is -2.24. The lowest BCUT2D eigenvalue weighted by Gasteiger charge is -2.13. The van der Waals surface area contributed by atoms with Crippen LogP contribution in [0.25, 0.3) is 0 Å². The lowest BCUT2D eigenvalue weighted by atomic mass is 9.91. The Kier molecular flexibility index (Phi) is 5.45. The standard InChI is InChI=1S/C23H17F3O2/c1-15-10-12-16(13-11-15)21(27)19-8-4-2-6-17(19)14-18-7-3-5-9-20(18)22(28)23(24,25)26/h2-13H,14H2,1H3.